The summed E-state index contributed by atoms with van der Waals surface area (Å²) in [6.07, 6.45) is 0. The van der Waals surface area contributed by atoms with Crippen LogP contribution in [0, 0.1) is 11.2 Å². The summed E-state index contributed by atoms with van der Waals surface area (Å²) >= 11 is -0.329. The first-order chi connectivity index (χ1) is 8.08. The maximum Gasteiger partial charge on any atom is 2.00 e. The molecule has 0 radical (unpaired) electrons. The molecule has 0 atom stereocenters. The van der Waals surface area contributed by atoms with Gasteiger partial charge < -0.3 is 0 Å². The Labute approximate surface area is 119 Å². The zero-order chi connectivity index (χ0) is 12.6. The monoisotopic (exact) mass is 310 g/mol. The summed E-state index contributed by atoms with van der Waals surface area (Å²) in [6.45, 7) is 0. The van der Waals surface area contributed by atoms with Crippen LogP contribution in [0.3, 0.4) is 0 Å². The van der Waals surface area contributed by atoms with E-state index in [9.17, 15) is 13.2 Å². The Balaban J connectivity index is 0.000000405. The molecule has 0 aliphatic rings. The van der Waals surface area contributed by atoms with Crippen LogP contribution in [0.2, 0.25) is 0 Å². The molecule has 0 amide bonds. The molecule has 0 aliphatic carbocycles. The number of hydrogen-bond acceptors (Lipinski definition) is 1. The number of thioether (sulfide) groups is 1. The molecular weight excluding hydrogens is 301 g/mol. The molecule has 2 aromatic carbocycles. The summed E-state index contributed by atoms with van der Waals surface area (Å²) in [5.41, 5.74) is -3.66. The van der Waals surface area contributed by atoms with Gasteiger partial charge in [-0.2, -0.15) is 49.4 Å². The molecule has 0 saturated heterocycles. The van der Waals surface area contributed by atoms with E-state index >= 15 is 0 Å². The van der Waals surface area contributed by atoms with Crippen LogP contribution in [0.1, 0.15) is 5.56 Å². The first-order valence-electron chi connectivity index (χ1n) is 4.72. The van der Waals surface area contributed by atoms with Crippen LogP contribution in [0.25, 0.3) is 0 Å². The summed E-state index contributed by atoms with van der Waals surface area (Å²) in [5.74, 6) is 2.37. The van der Waals surface area contributed by atoms with Crippen LogP contribution in [0.5, 0.6) is 0 Å². The van der Waals surface area contributed by atoms with Crippen LogP contribution in [-0.4, -0.2) is 5.51 Å². The van der Waals surface area contributed by atoms with Crippen molar-refractivity contribution >= 4 is 11.8 Å². The van der Waals surface area contributed by atoms with E-state index in [0.717, 1.165) is 0 Å². The number of halogens is 3. The van der Waals surface area contributed by atoms with Crippen molar-refractivity contribution in [3.63, 3.8) is 0 Å². The SMILES string of the molecule is FC(F)(F)SC#C[c-]1cccc1.[Fe+2].c1cc[cH-]c1. The molecule has 0 spiro atoms. The predicted octanol–water partition coefficient (Wildman–Crippen LogP) is 4.37. The molecule has 0 heterocycles. The third-order valence-electron chi connectivity index (χ3n) is 1.58. The fourth-order valence-corrected chi connectivity index (χ4v) is 1.21. The predicted molar refractivity (Wildman–Crippen MR) is 64.6 cm³/mol. The Morgan fingerprint density at radius 3 is 1.94 bits per heavy atom. The fraction of sp³-hybridized carbons (Fsp3) is 0.0769. The van der Waals surface area contributed by atoms with Crippen molar-refractivity contribution in [2.45, 2.75) is 5.51 Å². The van der Waals surface area contributed by atoms with Gasteiger partial charge in [-0.1, -0.05) is 5.56 Å². The van der Waals surface area contributed by atoms with Crippen molar-refractivity contribution in [3.8, 4) is 11.2 Å². The third kappa shape index (κ3) is 9.00. The molecule has 2 aromatic rings. The molecular formula is C13H9F3FeS. The van der Waals surface area contributed by atoms with Gasteiger partial charge in [0.1, 0.15) is 0 Å². The fourth-order valence-electron chi connectivity index (χ4n) is 0.920. The van der Waals surface area contributed by atoms with Crippen molar-refractivity contribution in [1.29, 1.82) is 0 Å². The maximum atomic E-state index is 11.5. The second-order valence-electron chi connectivity index (χ2n) is 2.91. The second kappa shape index (κ2) is 8.93. The Bertz CT molecular complexity index is 429. The molecule has 0 nitrogen and oxygen atoms in total. The zero-order valence-electron chi connectivity index (χ0n) is 9.09. The van der Waals surface area contributed by atoms with Crippen LogP contribution in [-0.2, 0) is 17.1 Å². The number of rotatable bonds is 0. The molecule has 2 rings (SSSR count). The van der Waals surface area contributed by atoms with Crippen LogP contribution in [0.15, 0.2) is 54.6 Å². The topological polar surface area (TPSA) is 0 Å². The van der Waals surface area contributed by atoms with Gasteiger partial charge in [-0.3, -0.25) is 0 Å². The van der Waals surface area contributed by atoms with E-state index in [2.05, 4.69) is 5.92 Å². The first kappa shape index (κ1) is 16.9. The van der Waals surface area contributed by atoms with Gasteiger partial charge in [0.2, 0.25) is 0 Å². The van der Waals surface area contributed by atoms with E-state index in [1.165, 1.54) is 0 Å². The average molecular weight is 310 g/mol. The normalized spacial score (nSPS) is 9.28. The summed E-state index contributed by atoms with van der Waals surface area (Å²) in [7, 11) is 0. The quantitative estimate of drug-likeness (QED) is 0.395. The maximum absolute atomic E-state index is 11.5. The summed E-state index contributed by atoms with van der Waals surface area (Å²) < 4.78 is 34.6. The molecule has 0 saturated carbocycles. The van der Waals surface area contributed by atoms with Gasteiger partial charge in [0, 0.05) is 0 Å². The minimum atomic E-state index is -4.26. The Kier molecular flexibility index (Phi) is 8.39. The third-order valence-corrected chi connectivity index (χ3v) is 2.02. The van der Waals surface area contributed by atoms with Crippen molar-refractivity contribution < 1.29 is 30.2 Å². The van der Waals surface area contributed by atoms with Gasteiger partial charge in [0.15, 0.2) is 0 Å². The molecule has 0 unspecified atom stereocenters. The van der Waals surface area contributed by atoms with E-state index in [1.807, 2.05) is 35.6 Å². The second-order valence-corrected chi connectivity index (χ2v) is 3.78. The van der Waals surface area contributed by atoms with Crippen LogP contribution >= 0.6 is 11.8 Å². The zero-order valence-corrected chi connectivity index (χ0v) is 11.0. The van der Waals surface area contributed by atoms with E-state index < -0.39 is 5.51 Å². The van der Waals surface area contributed by atoms with Crippen molar-refractivity contribution in [3.05, 3.63) is 60.2 Å². The Morgan fingerprint density at radius 1 is 1.00 bits per heavy atom. The van der Waals surface area contributed by atoms with Crippen LogP contribution in [0.4, 0.5) is 13.2 Å². The van der Waals surface area contributed by atoms with E-state index in [4.69, 9.17) is 0 Å². The Hall–Kier alpha value is -1.08. The smallest absolute Gasteiger partial charge is 0.214 e. The van der Waals surface area contributed by atoms with Crippen molar-refractivity contribution in [2.24, 2.45) is 0 Å². The van der Waals surface area contributed by atoms with Gasteiger partial charge in [-0.15, -0.1) is 17.4 Å². The van der Waals surface area contributed by atoms with Crippen molar-refractivity contribution in [2.75, 3.05) is 0 Å². The molecule has 0 bridgehead atoms. The van der Waals surface area contributed by atoms with Gasteiger partial charge in [-0.05, 0) is 11.8 Å². The minimum Gasteiger partial charge on any atom is -0.214 e. The van der Waals surface area contributed by atoms with Crippen molar-refractivity contribution in [1.82, 2.24) is 0 Å². The van der Waals surface area contributed by atoms with Gasteiger partial charge in [-0.25, -0.2) is 12.1 Å². The van der Waals surface area contributed by atoms with E-state index in [0.29, 0.717) is 5.56 Å². The van der Waals surface area contributed by atoms with Gasteiger partial charge in [0.25, 0.3) is 0 Å². The average Bonchev–Trinajstić information content (AvgIpc) is 2.91. The summed E-state index contributed by atoms with van der Waals surface area (Å²) in [4.78, 5) is 0. The summed E-state index contributed by atoms with van der Waals surface area (Å²) in [5, 5.41) is 1.97. The molecule has 0 N–H and O–H groups in total. The molecule has 0 aliphatic heterocycles. The largest absolute Gasteiger partial charge is 2.00 e. The number of hydrogen-bond donors (Lipinski definition) is 0. The first-order valence-corrected chi connectivity index (χ1v) is 5.54. The van der Waals surface area contributed by atoms with Gasteiger partial charge in [0.05, 0.1) is 0 Å². The van der Waals surface area contributed by atoms with E-state index in [-0.39, 0.29) is 28.8 Å². The molecule has 96 valence electrons. The molecule has 0 aromatic heterocycles. The van der Waals surface area contributed by atoms with E-state index in [1.54, 1.807) is 24.3 Å². The summed E-state index contributed by atoms with van der Waals surface area (Å²) in [6, 6.07) is 16.8. The van der Waals surface area contributed by atoms with Crippen LogP contribution < -0.4 is 0 Å². The molecule has 18 heavy (non-hydrogen) atoms. The standard InChI is InChI=1S/C8H4F3S.C5H5.Fe/c9-8(10,11)12-6-5-7-3-1-2-4-7;1-2-4-5-3-1;/h1-4H;1-5H;/q2*-1;+2. The minimum absolute atomic E-state index is 0. The molecule has 0 fully saturated rings. The molecule has 5 heteroatoms. The Morgan fingerprint density at radius 2 is 1.56 bits per heavy atom. The number of alkyl halides is 3. The van der Waals surface area contributed by atoms with Gasteiger partial charge >= 0.3 is 22.6 Å².